The maximum absolute atomic E-state index is 13.3. The number of benzene rings is 2. The molecular formula is C24H24N4O4S. The van der Waals surface area contributed by atoms with Crippen LogP contribution in [-0.2, 0) is 23.0 Å². The highest BCUT2D eigenvalue weighted by Gasteiger charge is 2.41. The molecule has 1 fully saturated rings. The fraction of sp³-hybridized carbons (Fsp3) is 0.292. The summed E-state index contributed by atoms with van der Waals surface area (Å²) in [5.41, 5.74) is 1.63. The van der Waals surface area contributed by atoms with E-state index in [0.717, 1.165) is 18.4 Å². The molecule has 2 aromatic heterocycles. The van der Waals surface area contributed by atoms with Crippen LogP contribution in [0.5, 0.6) is 0 Å². The highest BCUT2D eigenvalue weighted by molar-refractivity contribution is 7.89. The molecule has 33 heavy (non-hydrogen) atoms. The lowest BCUT2D eigenvalue weighted by molar-refractivity contribution is 0.365. The van der Waals surface area contributed by atoms with Gasteiger partial charge in [0.25, 0.3) is 5.56 Å². The first-order chi connectivity index (χ1) is 15.7. The molecule has 0 spiro atoms. The minimum atomic E-state index is -3.75. The quantitative estimate of drug-likeness (QED) is 0.450. The van der Waals surface area contributed by atoms with Crippen LogP contribution in [0.4, 0.5) is 0 Å². The van der Waals surface area contributed by atoms with Gasteiger partial charge >= 0.3 is 0 Å². The van der Waals surface area contributed by atoms with Gasteiger partial charge in [0.1, 0.15) is 6.54 Å². The first-order valence-electron chi connectivity index (χ1n) is 10.8. The number of nitrogens with zero attached hydrogens (tertiary/aromatic N) is 3. The van der Waals surface area contributed by atoms with Gasteiger partial charge in [-0.3, -0.25) is 4.79 Å². The van der Waals surface area contributed by atoms with Crippen molar-refractivity contribution in [1.29, 1.82) is 0 Å². The zero-order chi connectivity index (χ0) is 23.2. The van der Waals surface area contributed by atoms with Gasteiger partial charge in [-0.15, -0.1) is 0 Å². The van der Waals surface area contributed by atoms with Gasteiger partial charge in [-0.2, -0.15) is 5.10 Å². The van der Waals surface area contributed by atoms with E-state index in [1.54, 1.807) is 19.1 Å². The van der Waals surface area contributed by atoms with Gasteiger partial charge in [0.2, 0.25) is 10.0 Å². The van der Waals surface area contributed by atoms with E-state index in [2.05, 4.69) is 15.0 Å². The van der Waals surface area contributed by atoms with Gasteiger partial charge in [0, 0.05) is 23.4 Å². The summed E-state index contributed by atoms with van der Waals surface area (Å²) in [7, 11) is -3.75. The second-order valence-electron chi connectivity index (χ2n) is 8.88. The molecule has 1 aliphatic rings. The summed E-state index contributed by atoms with van der Waals surface area (Å²) in [6, 6.07) is 16.2. The Kier molecular flexibility index (Phi) is 5.18. The monoisotopic (exact) mass is 464 g/mol. The van der Waals surface area contributed by atoms with Crippen LogP contribution in [-0.4, -0.2) is 28.9 Å². The second-order valence-corrected chi connectivity index (χ2v) is 10.6. The van der Waals surface area contributed by atoms with Gasteiger partial charge in [-0.05, 0) is 44.4 Å². The minimum absolute atomic E-state index is 0.0687. The van der Waals surface area contributed by atoms with Crippen LogP contribution in [0.25, 0.3) is 10.8 Å². The maximum Gasteiger partial charge on any atom is 0.275 e. The van der Waals surface area contributed by atoms with E-state index in [0.29, 0.717) is 34.3 Å². The third-order valence-electron chi connectivity index (χ3n) is 5.90. The molecule has 0 bridgehead atoms. The number of fused-ring (bicyclic) bond motifs is 1. The first kappa shape index (κ1) is 21.5. The Morgan fingerprint density at radius 1 is 1.09 bits per heavy atom. The van der Waals surface area contributed by atoms with Crippen molar-refractivity contribution < 1.29 is 12.9 Å². The predicted molar refractivity (Wildman–Crippen MR) is 124 cm³/mol. The van der Waals surface area contributed by atoms with Gasteiger partial charge in [0.15, 0.2) is 5.76 Å². The van der Waals surface area contributed by atoms with Crippen LogP contribution >= 0.6 is 0 Å². The summed E-state index contributed by atoms with van der Waals surface area (Å²) in [4.78, 5) is 13.4. The third-order valence-corrected chi connectivity index (χ3v) is 7.53. The lowest BCUT2D eigenvalue weighted by Gasteiger charge is -2.14. The molecule has 0 unspecified atom stereocenters. The molecule has 9 heteroatoms. The number of hydrogen-bond donors (Lipinski definition) is 1. The zero-order valence-electron chi connectivity index (χ0n) is 18.4. The number of aryl methyl sites for hydroxylation is 1. The van der Waals surface area contributed by atoms with E-state index < -0.39 is 15.6 Å². The van der Waals surface area contributed by atoms with Gasteiger partial charge in [0.05, 0.1) is 21.7 Å². The lowest BCUT2D eigenvalue weighted by atomic mass is 10.0. The van der Waals surface area contributed by atoms with Crippen LogP contribution in [0.1, 0.15) is 42.5 Å². The molecule has 0 atom stereocenters. The molecule has 1 N–H and O–H groups in total. The number of aromatic nitrogens is 3. The fourth-order valence-electron chi connectivity index (χ4n) is 3.84. The first-order valence-corrected chi connectivity index (χ1v) is 12.2. The van der Waals surface area contributed by atoms with Crippen molar-refractivity contribution in [1.82, 2.24) is 19.7 Å². The van der Waals surface area contributed by atoms with E-state index in [9.17, 15) is 13.2 Å². The van der Waals surface area contributed by atoms with Crippen molar-refractivity contribution in [3.8, 4) is 0 Å². The molecule has 2 heterocycles. The zero-order valence-corrected chi connectivity index (χ0v) is 19.2. The van der Waals surface area contributed by atoms with E-state index >= 15 is 0 Å². The molecule has 0 aliphatic heterocycles. The Labute approximate surface area is 191 Å². The molecule has 5 rings (SSSR count). The lowest BCUT2D eigenvalue weighted by Crippen LogP contribution is -2.34. The van der Waals surface area contributed by atoms with Gasteiger partial charge < -0.3 is 4.52 Å². The summed E-state index contributed by atoms with van der Waals surface area (Å²) in [5, 5.41) is 9.42. The fourth-order valence-corrected chi connectivity index (χ4v) is 5.33. The largest absolute Gasteiger partial charge is 0.359 e. The molecule has 2 aromatic carbocycles. The molecule has 170 valence electrons. The van der Waals surface area contributed by atoms with Crippen molar-refractivity contribution in [2.75, 3.05) is 0 Å². The average molecular weight is 465 g/mol. The summed E-state index contributed by atoms with van der Waals surface area (Å²) >= 11 is 0. The van der Waals surface area contributed by atoms with Crippen molar-refractivity contribution in [2.45, 2.75) is 50.1 Å². The number of nitrogens with one attached hydrogen (secondary N) is 1. The van der Waals surface area contributed by atoms with Crippen molar-refractivity contribution >= 4 is 20.8 Å². The molecule has 8 nitrogen and oxygen atoms in total. The number of rotatable bonds is 7. The Morgan fingerprint density at radius 2 is 1.85 bits per heavy atom. The van der Waals surface area contributed by atoms with Crippen LogP contribution in [0.2, 0.25) is 0 Å². The molecule has 0 amide bonds. The highest BCUT2D eigenvalue weighted by Crippen LogP contribution is 2.36. The topological polar surface area (TPSA) is 107 Å². The van der Waals surface area contributed by atoms with Crippen LogP contribution < -0.4 is 10.3 Å². The summed E-state index contributed by atoms with van der Waals surface area (Å²) in [6.07, 6.45) is 2.10. The molecule has 4 aromatic rings. The van der Waals surface area contributed by atoms with Crippen LogP contribution in [0.3, 0.4) is 0 Å². The second kappa shape index (κ2) is 7.93. The normalized spacial score (nSPS) is 15.1. The standard InChI is InChI=1S/C24H24N4O4S/c1-16-12-18(32-26-16)15-28-23(29)21-14-19(33(30,31)27-24(2)10-11-24)8-9-20(21)22(25-28)13-17-6-4-3-5-7-17/h3-9,12,14,27H,10-11,13,15H2,1-2H3. The van der Waals surface area contributed by atoms with Crippen LogP contribution in [0.15, 0.2) is 68.8 Å². The van der Waals surface area contributed by atoms with E-state index in [4.69, 9.17) is 4.52 Å². The van der Waals surface area contributed by atoms with Gasteiger partial charge in [-0.25, -0.2) is 17.8 Å². The Hall–Kier alpha value is -3.30. The Morgan fingerprint density at radius 3 is 2.52 bits per heavy atom. The maximum atomic E-state index is 13.3. The average Bonchev–Trinajstić information content (AvgIpc) is 3.35. The van der Waals surface area contributed by atoms with E-state index in [1.165, 1.54) is 16.8 Å². The van der Waals surface area contributed by atoms with Gasteiger partial charge in [-0.1, -0.05) is 41.6 Å². The SMILES string of the molecule is Cc1cc(Cn2nc(Cc3ccccc3)c3ccc(S(=O)(=O)NC4(C)CC4)cc3c2=O)on1. The van der Waals surface area contributed by atoms with Crippen molar-refractivity contribution in [3.05, 3.63) is 87.7 Å². The molecule has 1 aliphatic carbocycles. The Bertz CT molecular complexity index is 1500. The molecule has 0 saturated heterocycles. The molecule has 1 saturated carbocycles. The summed E-state index contributed by atoms with van der Waals surface area (Å²) in [5.74, 6) is 0.499. The number of sulfonamides is 1. The predicted octanol–water partition coefficient (Wildman–Crippen LogP) is 3.16. The van der Waals surface area contributed by atoms with Crippen LogP contribution in [0, 0.1) is 6.92 Å². The summed E-state index contributed by atoms with van der Waals surface area (Å²) in [6.45, 7) is 3.78. The molecular weight excluding hydrogens is 440 g/mol. The van der Waals surface area contributed by atoms with Crippen molar-refractivity contribution in [2.24, 2.45) is 0 Å². The third kappa shape index (κ3) is 4.46. The smallest absolute Gasteiger partial charge is 0.275 e. The van der Waals surface area contributed by atoms with E-state index in [-0.39, 0.29) is 17.0 Å². The molecule has 0 radical (unpaired) electrons. The van der Waals surface area contributed by atoms with Crippen molar-refractivity contribution in [3.63, 3.8) is 0 Å². The minimum Gasteiger partial charge on any atom is -0.359 e. The number of hydrogen-bond acceptors (Lipinski definition) is 6. The highest BCUT2D eigenvalue weighted by atomic mass is 32.2. The summed E-state index contributed by atoms with van der Waals surface area (Å²) < 4.78 is 35.2. The van der Waals surface area contributed by atoms with E-state index in [1.807, 2.05) is 37.3 Å². The Balaban J connectivity index is 1.64.